The second-order valence-corrected chi connectivity index (χ2v) is 7.45. The summed E-state index contributed by atoms with van der Waals surface area (Å²) in [4.78, 5) is 11.3. The normalized spacial score (nSPS) is 16.8. The van der Waals surface area contributed by atoms with E-state index < -0.39 is 0 Å². The molecule has 1 aromatic heterocycles. The first-order valence-electron chi connectivity index (χ1n) is 9.80. The van der Waals surface area contributed by atoms with Crippen molar-refractivity contribution in [3.63, 3.8) is 0 Å². The van der Waals surface area contributed by atoms with Gasteiger partial charge in [0.15, 0.2) is 5.96 Å². The van der Waals surface area contributed by atoms with Crippen LogP contribution in [-0.2, 0) is 6.54 Å². The molecule has 0 saturated carbocycles. The van der Waals surface area contributed by atoms with Crippen molar-refractivity contribution in [3.8, 4) is 5.88 Å². The maximum atomic E-state index is 9.70. The minimum atomic E-state index is -0.179. The third kappa shape index (κ3) is 8.64. The second-order valence-electron chi connectivity index (χ2n) is 7.45. The van der Waals surface area contributed by atoms with Crippen LogP contribution in [0.2, 0.25) is 0 Å². The number of halogens is 1. The lowest BCUT2D eigenvalue weighted by atomic mass is 10.1. The molecule has 0 aliphatic carbocycles. The number of nitrogens with one attached hydrogen (secondary N) is 1. The molecule has 2 heterocycles. The highest BCUT2D eigenvalue weighted by molar-refractivity contribution is 14.0. The van der Waals surface area contributed by atoms with Crippen molar-refractivity contribution in [3.05, 3.63) is 23.9 Å². The third-order valence-electron chi connectivity index (χ3n) is 4.43. The minimum absolute atomic E-state index is 0. The minimum Gasteiger partial charge on any atom is -0.475 e. The van der Waals surface area contributed by atoms with Crippen LogP contribution in [0.15, 0.2) is 23.3 Å². The second kappa shape index (κ2) is 12.4. The van der Waals surface area contributed by atoms with E-state index in [4.69, 9.17) is 9.73 Å². The Morgan fingerprint density at radius 2 is 2.07 bits per heavy atom. The Morgan fingerprint density at radius 3 is 2.70 bits per heavy atom. The van der Waals surface area contributed by atoms with Crippen molar-refractivity contribution in [2.45, 2.75) is 65.7 Å². The summed E-state index contributed by atoms with van der Waals surface area (Å²) in [5, 5.41) is 13.0. The van der Waals surface area contributed by atoms with Crippen molar-refractivity contribution < 1.29 is 9.84 Å². The Bertz CT molecular complexity index is 575. The Kier molecular flexibility index (Phi) is 11.0. The van der Waals surface area contributed by atoms with Gasteiger partial charge in [-0.2, -0.15) is 0 Å². The first-order chi connectivity index (χ1) is 12.5. The van der Waals surface area contributed by atoms with E-state index in [1.807, 2.05) is 12.1 Å². The number of aliphatic imine (C=N–C) groups is 1. The van der Waals surface area contributed by atoms with Crippen molar-refractivity contribution >= 4 is 29.9 Å². The number of aromatic nitrogens is 1. The van der Waals surface area contributed by atoms with Gasteiger partial charge in [0.2, 0.25) is 5.88 Å². The predicted octanol–water partition coefficient (Wildman–Crippen LogP) is 3.44. The molecule has 1 saturated heterocycles. The van der Waals surface area contributed by atoms with E-state index in [-0.39, 0.29) is 36.2 Å². The lowest BCUT2D eigenvalue weighted by Gasteiger charge is -2.32. The number of aliphatic hydroxyl groups is 1. The predicted molar refractivity (Wildman–Crippen MR) is 121 cm³/mol. The maximum absolute atomic E-state index is 9.70. The molecule has 0 spiro atoms. The Morgan fingerprint density at radius 1 is 1.37 bits per heavy atom. The molecule has 0 aromatic carbocycles. The van der Waals surface area contributed by atoms with Gasteiger partial charge in [-0.1, -0.05) is 13.8 Å². The van der Waals surface area contributed by atoms with Crippen LogP contribution in [0.3, 0.4) is 0 Å². The average molecular weight is 490 g/mol. The lowest BCUT2D eigenvalue weighted by molar-refractivity contribution is 0.108. The molecule has 0 amide bonds. The van der Waals surface area contributed by atoms with Gasteiger partial charge in [0, 0.05) is 31.9 Å². The highest BCUT2D eigenvalue weighted by Gasteiger charge is 2.19. The van der Waals surface area contributed by atoms with Crippen molar-refractivity contribution in [2.75, 3.05) is 19.6 Å². The van der Waals surface area contributed by atoms with E-state index in [0.717, 1.165) is 50.4 Å². The van der Waals surface area contributed by atoms with Gasteiger partial charge in [0.1, 0.15) is 0 Å². The van der Waals surface area contributed by atoms with Gasteiger partial charge in [-0.05, 0) is 50.7 Å². The summed E-state index contributed by atoms with van der Waals surface area (Å²) in [5.41, 5.74) is 1.08. The van der Waals surface area contributed by atoms with Crippen LogP contribution in [0, 0.1) is 5.92 Å². The summed E-state index contributed by atoms with van der Waals surface area (Å²) < 4.78 is 5.93. The highest BCUT2D eigenvalue weighted by Crippen LogP contribution is 2.16. The van der Waals surface area contributed by atoms with Crippen molar-refractivity contribution in [1.82, 2.24) is 15.2 Å². The van der Waals surface area contributed by atoms with E-state index in [1.54, 1.807) is 6.20 Å². The fraction of sp³-hybridized carbons (Fsp3) is 0.700. The van der Waals surface area contributed by atoms with Gasteiger partial charge >= 0.3 is 0 Å². The zero-order chi connectivity index (χ0) is 18.9. The standard InChI is InChI=1S/C20H34N4O2.HI/c1-5-21-20(24-10-7-18(25)8-11-24)23-14-17-6-9-22-19(13-17)26-16(4)12-15(2)3;/h6,9,13,15-16,18,25H,5,7-8,10-12,14H2,1-4H3,(H,21,23);1H. The average Bonchev–Trinajstić information content (AvgIpc) is 2.59. The van der Waals surface area contributed by atoms with Gasteiger partial charge < -0.3 is 20.1 Å². The Balaban J connectivity index is 0.00000364. The summed E-state index contributed by atoms with van der Waals surface area (Å²) >= 11 is 0. The molecule has 1 aromatic rings. The molecule has 1 aliphatic heterocycles. The highest BCUT2D eigenvalue weighted by atomic mass is 127. The topological polar surface area (TPSA) is 70.0 Å². The fourth-order valence-electron chi connectivity index (χ4n) is 3.20. The molecule has 0 bridgehead atoms. The van der Waals surface area contributed by atoms with Crippen LogP contribution in [-0.4, -0.2) is 52.8 Å². The molecule has 1 fully saturated rings. The summed E-state index contributed by atoms with van der Waals surface area (Å²) in [6.45, 7) is 11.6. The molecule has 2 N–H and O–H groups in total. The molecule has 1 unspecified atom stereocenters. The van der Waals surface area contributed by atoms with E-state index in [0.29, 0.717) is 18.3 Å². The number of nitrogens with zero attached hydrogens (tertiary/aromatic N) is 3. The first kappa shape index (κ1) is 23.9. The van der Waals surface area contributed by atoms with Gasteiger partial charge in [-0.25, -0.2) is 9.98 Å². The summed E-state index contributed by atoms with van der Waals surface area (Å²) in [5.74, 6) is 2.17. The van der Waals surface area contributed by atoms with Crippen LogP contribution in [0.25, 0.3) is 0 Å². The smallest absolute Gasteiger partial charge is 0.213 e. The monoisotopic (exact) mass is 490 g/mol. The number of piperidine rings is 1. The molecule has 27 heavy (non-hydrogen) atoms. The third-order valence-corrected chi connectivity index (χ3v) is 4.43. The first-order valence-corrected chi connectivity index (χ1v) is 9.80. The molecule has 7 heteroatoms. The SMILES string of the molecule is CCNC(=NCc1ccnc(OC(C)CC(C)C)c1)N1CCC(O)CC1.I. The van der Waals surface area contributed by atoms with Crippen LogP contribution in [0.1, 0.15) is 52.5 Å². The summed E-state index contributed by atoms with van der Waals surface area (Å²) in [6.07, 6.45) is 4.36. The Hall–Kier alpha value is -1.09. The maximum Gasteiger partial charge on any atom is 0.213 e. The molecule has 6 nitrogen and oxygen atoms in total. The Labute approximate surface area is 180 Å². The molecule has 2 rings (SSSR count). The molecule has 1 aliphatic rings. The van der Waals surface area contributed by atoms with E-state index in [2.05, 4.69) is 42.9 Å². The number of hydrogen-bond acceptors (Lipinski definition) is 4. The van der Waals surface area contributed by atoms with Crippen molar-refractivity contribution in [2.24, 2.45) is 10.9 Å². The largest absolute Gasteiger partial charge is 0.475 e. The van der Waals surface area contributed by atoms with Crippen LogP contribution >= 0.6 is 24.0 Å². The van der Waals surface area contributed by atoms with Crippen LogP contribution < -0.4 is 10.1 Å². The number of hydrogen-bond donors (Lipinski definition) is 2. The molecule has 0 radical (unpaired) electrons. The van der Waals surface area contributed by atoms with Crippen molar-refractivity contribution in [1.29, 1.82) is 0 Å². The number of rotatable bonds is 7. The molecular weight excluding hydrogens is 455 g/mol. The van der Waals surface area contributed by atoms with Crippen LogP contribution in [0.4, 0.5) is 0 Å². The van der Waals surface area contributed by atoms with E-state index in [9.17, 15) is 5.11 Å². The van der Waals surface area contributed by atoms with E-state index >= 15 is 0 Å². The number of pyridine rings is 1. The van der Waals surface area contributed by atoms with Gasteiger partial charge in [0.05, 0.1) is 18.8 Å². The summed E-state index contributed by atoms with van der Waals surface area (Å²) in [7, 11) is 0. The molecule has 1 atom stereocenters. The zero-order valence-electron chi connectivity index (χ0n) is 17.0. The number of guanidine groups is 1. The molecular formula is C20H35IN4O2. The number of ether oxygens (including phenoxy) is 1. The lowest BCUT2D eigenvalue weighted by Crippen LogP contribution is -2.46. The summed E-state index contributed by atoms with van der Waals surface area (Å²) in [6, 6.07) is 3.96. The van der Waals surface area contributed by atoms with Crippen LogP contribution in [0.5, 0.6) is 5.88 Å². The van der Waals surface area contributed by atoms with E-state index in [1.165, 1.54) is 0 Å². The quantitative estimate of drug-likeness (QED) is 0.348. The molecule has 154 valence electrons. The van der Waals surface area contributed by atoms with Gasteiger partial charge in [-0.15, -0.1) is 24.0 Å². The van der Waals surface area contributed by atoms with Gasteiger partial charge in [0.25, 0.3) is 0 Å². The number of likely N-dealkylation sites (tertiary alicyclic amines) is 1. The zero-order valence-corrected chi connectivity index (χ0v) is 19.3. The van der Waals surface area contributed by atoms with Gasteiger partial charge in [-0.3, -0.25) is 0 Å². The fourth-order valence-corrected chi connectivity index (χ4v) is 3.20. The number of aliphatic hydroxyl groups excluding tert-OH is 1.